The number of carbonyl (C=O) groups excluding carboxylic acids is 2. The van der Waals surface area contributed by atoms with Gasteiger partial charge in [0.25, 0.3) is 0 Å². The molecule has 0 amide bonds. The number of aromatic amines is 2. The molecule has 5 rings (SSSR count). The zero-order valence-electron chi connectivity index (χ0n) is 18.7. The van der Waals surface area contributed by atoms with Gasteiger partial charge in [0.1, 0.15) is 0 Å². The van der Waals surface area contributed by atoms with Gasteiger partial charge in [0.15, 0.2) is 10.9 Å². The maximum absolute atomic E-state index is 13.3. The van der Waals surface area contributed by atoms with E-state index < -0.39 is 11.9 Å². The van der Waals surface area contributed by atoms with E-state index in [1.165, 1.54) is 0 Å². The van der Waals surface area contributed by atoms with Gasteiger partial charge in [-0.3, -0.25) is 9.59 Å². The van der Waals surface area contributed by atoms with Crippen LogP contribution in [-0.4, -0.2) is 35.1 Å². The summed E-state index contributed by atoms with van der Waals surface area (Å²) in [7, 11) is 0. The zero-order valence-corrected chi connectivity index (χ0v) is 18.7. The molecule has 34 heavy (non-hydrogen) atoms. The van der Waals surface area contributed by atoms with Crippen LogP contribution >= 0.6 is 0 Å². The van der Waals surface area contributed by atoms with Crippen molar-refractivity contribution in [2.45, 2.75) is 26.7 Å². The lowest BCUT2D eigenvalue weighted by Gasteiger charge is -2.20. The van der Waals surface area contributed by atoms with E-state index in [1.54, 1.807) is 50.2 Å². The van der Waals surface area contributed by atoms with Crippen LogP contribution in [0.25, 0.3) is 21.8 Å². The van der Waals surface area contributed by atoms with Crippen LogP contribution in [0.4, 0.5) is 0 Å². The minimum atomic E-state index is -0.482. The highest BCUT2D eigenvalue weighted by atomic mass is 16.5. The Kier molecular flexibility index (Phi) is 5.28. The summed E-state index contributed by atoms with van der Waals surface area (Å²) < 4.78 is 10.1. The fourth-order valence-electron chi connectivity index (χ4n) is 4.47. The molecule has 0 bridgehead atoms. The van der Waals surface area contributed by atoms with Gasteiger partial charge in [-0.2, -0.15) is 0 Å². The van der Waals surface area contributed by atoms with Crippen molar-refractivity contribution in [1.29, 1.82) is 0 Å². The molecule has 0 radical (unpaired) electrons. The summed E-state index contributed by atoms with van der Waals surface area (Å²) in [5.74, 6) is -0.963. The number of carbonyl (C=O) groups is 2. The van der Waals surface area contributed by atoms with Crippen molar-refractivity contribution >= 4 is 33.7 Å². The molecule has 2 aromatic carbocycles. The number of H-pyrrole nitrogens is 2. The number of benzene rings is 2. The van der Waals surface area contributed by atoms with Crippen LogP contribution in [0, 0.1) is 0 Å². The largest absolute Gasteiger partial charge is 0.462 e. The van der Waals surface area contributed by atoms with Crippen LogP contribution < -0.4 is 10.9 Å². The number of rotatable bonds is 4. The highest BCUT2D eigenvalue weighted by molar-refractivity contribution is 5.95. The molecule has 0 atom stereocenters. The molecule has 0 aliphatic heterocycles. The van der Waals surface area contributed by atoms with Gasteiger partial charge in [-0.25, -0.2) is 9.59 Å². The predicted octanol–water partition coefficient (Wildman–Crippen LogP) is 3.22. The van der Waals surface area contributed by atoms with Gasteiger partial charge in [0.05, 0.1) is 24.3 Å². The number of nitrogens with one attached hydrogen (secondary N) is 2. The van der Waals surface area contributed by atoms with Crippen LogP contribution in [0.5, 0.6) is 0 Å². The van der Waals surface area contributed by atoms with E-state index in [1.807, 2.05) is 0 Å². The fraction of sp³-hybridized carbons (Fsp3) is 0.231. The van der Waals surface area contributed by atoms with Crippen LogP contribution in [0.15, 0.2) is 46.0 Å². The van der Waals surface area contributed by atoms with Gasteiger partial charge in [-0.15, -0.1) is 0 Å². The highest BCUT2D eigenvalue weighted by Crippen LogP contribution is 2.25. The molecule has 4 aromatic rings. The molecule has 0 spiro atoms. The lowest BCUT2D eigenvalue weighted by molar-refractivity contribution is 0.0517. The van der Waals surface area contributed by atoms with Crippen molar-refractivity contribution in [3.8, 4) is 0 Å². The molecule has 0 saturated carbocycles. The SMILES string of the molecule is CCOC(=O)c1ccc2[nH]c3c(c(=O)c2c1)Cc1[nH]c2ccc(C(=O)OCC)cc2c(=O)c1C3. The first kappa shape index (κ1) is 21.6. The number of fused-ring (bicyclic) bond motifs is 4. The van der Waals surface area contributed by atoms with Crippen LogP contribution in [-0.2, 0) is 22.3 Å². The molecular formula is C26H22N2O6. The standard InChI is InChI=1S/C26H22N2O6/c1-3-33-25(31)13-5-7-19-15(9-13)23(29)17-11-22-18(12-21(17)27-19)24(30)16-10-14(26(32)34-4-2)6-8-20(16)28-22/h5-10H,3-4,11-12H2,1-2H3,(H,27,29)(H,28,30). The fourth-order valence-corrected chi connectivity index (χ4v) is 4.47. The third kappa shape index (κ3) is 3.48. The van der Waals surface area contributed by atoms with Gasteiger partial charge in [0, 0.05) is 57.2 Å². The van der Waals surface area contributed by atoms with Gasteiger partial charge in [-0.05, 0) is 50.2 Å². The van der Waals surface area contributed by atoms with Crippen molar-refractivity contribution in [3.05, 3.63) is 90.5 Å². The second-order valence-electron chi connectivity index (χ2n) is 8.14. The Bertz CT molecular complexity index is 1490. The summed E-state index contributed by atoms with van der Waals surface area (Å²) in [5, 5.41) is 0.796. The van der Waals surface area contributed by atoms with Gasteiger partial charge < -0.3 is 19.4 Å². The number of ether oxygens (including phenoxy) is 2. The summed E-state index contributed by atoms with van der Waals surface area (Å²) in [6.45, 7) is 3.94. The second kappa shape index (κ2) is 8.30. The molecule has 2 N–H and O–H groups in total. The third-order valence-electron chi connectivity index (χ3n) is 6.11. The molecule has 8 heteroatoms. The number of aromatic nitrogens is 2. The molecule has 0 saturated heterocycles. The Labute approximate surface area is 193 Å². The summed E-state index contributed by atoms with van der Waals surface area (Å²) in [5.41, 5.74) is 3.88. The molecule has 2 heterocycles. The Morgan fingerprint density at radius 1 is 0.735 bits per heavy atom. The first-order valence-electron chi connectivity index (χ1n) is 11.1. The van der Waals surface area contributed by atoms with E-state index >= 15 is 0 Å². The van der Waals surface area contributed by atoms with Crippen molar-refractivity contribution in [2.24, 2.45) is 0 Å². The first-order valence-corrected chi connectivity index (χ1v) is 11.1. The summed E-state index contributed by atoms with van der Waals surface area (Å²) >= 11 is 0. The third-order valence-corrected chi connectivity index (χ3v) is 6.11. The van der Waals surface area contributed by atoms with Gasteiger partial charge >= 0.3 is 11.9 Å². The molecular weight excluding hydrogens is 436 g/mol. The number of hydrogen-bond donors (Lipinski definition) is 2. The number of pyridine rings is 2. The van der Waals surface area contributed by atoms with E-state index in [0.717, 1.165) is 0 Å². The Hall–Kier alpha value is -4.20. The smallest absolute Gasteiger partial charge is 0.338 e. The summed E-state index contributed by atoms with van der Waals surface area (Å²) in [6, 6.07) is 9.65. The Balaban J connectivity index is 1.61. The average Bonchev–Trinajstić information content (AvgIpc) is 2.84. The van der Waals surface area contributed by atoms with Crippen molar-refractivity contribution < 1.29 is 19.1 Å². The van der Waals surface area contributed by atoms with E-state index in [9.17, 15) is 19.2 Å². The van der Waals surface area contributed by atoms with Crippen LogP contribution in [0.2, 0.25) is 0 Å². The monoisotopic (exact) mass is 458 g/mol. The van der Waals surface area contributed by atoms with Gasteiger partial charge in [0.2, 0.25) is 0 Å². The highest BCUT2D eigenvalue weighted by Gasteiger charge is 2.24. The molecule has 0 unspecified atom stereocenters. The Morgan fingerprint density at radius 3 is 1.53 bits per heavy atom. The molecule has 8 nitrogen and oxygen atoms in total. The minimum absolute atomic E-state index is 0.181. The predicted molar refractivity (Wildman–Crippen MR) is 127 cm³/mol. The average molecular weight is 458 g/mol. The van der Waals surface area contributed by atoms with Crippen molar-refractivity contribution in [2.75, 3.05) is 13.2 Å². The molecule has 0 fully saturated rings. The molecule has 172 valence electrons. The normalized spacial score (nSPS) is 12.3. The number of esters is 2. The van der Waals surface area contributed by atoms with Crippen LogP contribution in [0.1, 0.15) is 57.1 Å². The van der Waals surface area contributed by atoms with E-state index in [-0.39, 0.29) is 36.9 Å². The van der Waals surface area contributed by atoms with E-state index in [2.05, 4.69) is 9.97 Å². The van der Waals surface area contributed by atoms with E-state index in [4.69, 9.17) is 9.47 Å². The second-order valence-corrected chi connectivity index (χ2v) is 8.14. The molecule has 1 aliphatic carbocycles. The van der Waals surface area contributed by atoms with Crippen molar-refractivity contribution in [1.82, 2.24) is 9.97 Å². The first-order chi connectivity index (χ1) is 16.4. The van der Waals surface area contributed by atoms with E-state index in [0.29, 0.717) is 55.4 Å². The maximum atomic E-state index is 13.3. The van der Waals surface area contributed by atoms with Crippen molar-refractivity contribution in [3.63, 3.8) is 0 Å². The number of hydrogen-bond acceptors (Lipinski definition) is 6. The minimum Gasteiger partial charge on any atom is -0.462 e. The molecule has 2 aromatic heterocycles. The van der Waals surface area contributed by atoms with Crippen LogP contribution in [0.3, 0.4) is 0 Å². The lowest BCUT2D eigenvalue weighted by Crippen LogP contribution is -2.26. The summed E-state index contributed by atoms with van der Waals surface area (Å²) in [6.07, 6.45) is 0.509. The quantitative estimate of drug-likeness (QED) is 0.399. The molecule has 1 aliphatic rings. The Morgan fingerprint density at radius 2 is 1.15 bits per heavy atom. The van der Waals surface area contributed by atoms with Gasteiger partial charge in [-0.1, -0.05) is 0 Å². The maximum Gasteiger partial charge on any atom is 0.338 e. The summed E-state index contributed by atoms with van der Waals surface area (Å²) in [4.78, 5) is 57.4. The zero-order chi connectivity index (χ0) is 24.0. The lowest BCUT2D eigenvalue weighted by atomic mass is 9.89. The topological polar surface area (TPSA) is 118 Å².